The van der Waals surface area contributed by atoms with Crippen molar-refractivity contribution in [3.8, 4) is 0 Å². The maximum atomic E-state index is 13.5. The van der Waals surface area contributed by atoms with Gasteiger partial charge in [0.1, 0.15) is 5.56 Å². The average Bonchev–Trinajstić information content (AvgIpc) is 2.43. The molecule has 2 aromatic rings. The van der Waals surface area contributed by atoms with Crippen LogP contribution in [0.15, 0.2) is 18.5 Å². The summed E-state index contributed by atoms with van der Waals surface area (Å²) >= 11 is 0. The molecule has 1 aromatic carbocycles. The van der Waals surface area contributed by atoms with Gasteiger partial charge >= 0.3 is 0 Å². The van der Waals surface area contributed by atoms with Gasteiger partial charge in [-0.1, -0.05) is 0 Å². The van der Waals surface area contributed by atoms with Crippen LogP contribution in [0.1, 0.15) is 21.5 Å². The monoisotopic (exact) mass is 287 g/mol. The lowest BCUT2D eigenvalue weighted by Crippen LogP contribution is -2.14. The molecule has 1 aromatic heterocycles. The molecule has 2 nitrogen and oxygen atoms in total. The highest BCUT2D eigenvalue weighted by Gasteiger charge is 2.30. The van der Waals surface area contributed by atoms with Crippen molar-refractivity contribution >= 4 is 5.78 Å². The summed E-state index contributed by atoms with van der Waals surface area (Å²) in [5.74, 6) is -12.3. The number of pyridine rings is 1. The van der Waals surface area contributed by atoms with E-state index >= 15 is 0 Å². The van der Waals surface area contributed by atoms with Crippen LogP contribution in [0.2, 0.25) is 0 Å². The number of carbonyl (C=O) groups excluding carboxylic acids is 1. The summed E-state index contributed by atoms with van der Waals surface area (Å²) in [5, 5.41) is 0. The number of aromatic nitrogens is 1. The molecule has 0 unspecified atom stereocenters. The van der Waals surface area contributed by atoms with Gasteiger partial charge in [-0.15, -0.1) is 0 Å². The van der Waals surface area contributed by atoms with Gasteiger partial charge in [0.25, 0.3) is 0 Å². The maximum Gasteiger partial charge on any atom is 0.200 e. The molecule has 2 rings (SSSR count). The third kappa shape index (κ3) is 2.15. The van der Waals surface area contributed by atoms with E-state index < -0.39 is 40.4 Å². The first-order valence-corrected chi connectivity index (χ1v) is 5.32. The van der Waals surface area contributed by atoms with Gasteiger partial charge < -0.3 is 0 Å². The smallest absolute Gasteiger partial charge is 0.200 e. The quantitative estimate of drug-likeness (QED) is 0.367. The van der Waals surface area contributed by atoms with E-state index in [-0.39, 0.29) is 5.56 Å². The fourth-order valence-corrected chi connectivity index (χ4v) is 1.63. The number of nitrogens with zero attached hydrogens (tertiary/aromatic N) is 1. The van der Waals surface area contributed by atoms with Gasteiger partial charge in [-0.3, -0.25) is 9.78 Å². The summed E-state index contributed by atoms with van der Waals surface area (Å²) in [6.07, 6.45) is 2.35. The molecule has 0 saturated carbocycles. The second kappa shape index (κ2) is 4.99. The molecule has 0 fully saturated rings. The SMILES string of the molecule is Cc1cncc(C(=O)c2c(F)c(F)c(F)c(F)c2F)c1. The van der Waals surface area contributed by atoms with E-state index in [0.717, 1.165) is 6.20 Å². The van der Waals surface area contributed by atoms with E-state index in [1.165, 1.54) is 12.3 Å². The summed E-state index contributed by atoms with van der Waals surface area (Å²) < 4.78 is 65.9. The van der Waals surface area contributed by atoms with E-state index in [4.69, 9.17) is 0 Å². The minimum Gasteiger partial charge on any atom is -0.288 e. The van der Waals surface area contributed by atoms with E-state index in [2.05, 4.69) is 4.98 Å². The van der Waals surface area contributed by atoms with E-state index in [9.17, 15) is 26.7 Å². The lowest BCUT2D eigenvalue weighted by atomic mass is 10.0. The third-order valence-corrected chi connectivity index (χ3v) is 2.57. The lowest BCUT2D eigenvalue weighted by Gasteiger charge is -2.07. The zero-order chi connectivity index (χ0) is 15.0. The number of halogens is 5. The molecule has 0 saturated heterocycles. The van der Waals surface area contributed by atoms with E-state index in [0.29, 0.717) is 5.56 Å². The molecule has 0 bridgehead atoms. The molecule has 0 N–H and O–H groups in total. The molecule has 0 aliphatic carbocycles. The minimum atomic E-state index is -2.31. The van der Waals surface area contributed by atoms with Gasteiger partial charge in [0.15, 0.2) is 23.3 Å². The third-order valence-electron chi connectivity index (χ3n) is 2.57. The minimum absolute atomic E-state index is 0.270. The molecule has 0 spiro atoms. The van der Waals surface area contributed by atoms with Crippen LogP contribution >= 0.6 is 0 Å². The first kappa shape index (κ1) is 14.1. The van der Waals surface area contributed by atoms with E-state index in [1.54, 1.807) is 6.92 Å². The van der Waals surface area contributed by atoms with Crippen molar-refractivity contribution in [3.63, 3.8) is 0 Å². The number of carbonyl (C=O) groups is 1. The summed E-state index contributed by atoms with van der Waals surface area (Å²) in [6.45, 7) is 1.56. The molecular formula is C13H6F5NO. The number of ketones is 1. The fourth-order valence-electron chi connectivity index (χ4n) is 1.63. The molecule has 0 radical (unpaired) electrons. The van der Waals surface area contributed by atoms with Gasteiger partial charge in [-0.05, 0) is 18.6 Å². The molecule has 104 valence electrons. The first-order valence-electron chi connectivity index (χ1n) is 5.32. The van der Waals surface area contributed by atoms with Gasteiger partial charge in [0.2, 0.25) is 11.6 Å². The van der Waals surface area contributed by atoms with E-state index in [1.807, 2.05) is 0 Å². The van der Waals surface area contributed by atoms with Crippen molar-refractivity contribution in [1.29, 1.82) is 0 Å². The Morgan fingerprint density at radius 3 is 1.90 bits per heavy atom. The summed E-state index contributed by atoms with van der Waals surface area (Å²) in [7, 11) is 0. The van der Waals surface area contributed by atoms with Crippen LogP contribution in [-0.2, 0) is 0 Å². The summed E-state index contributed by atoms with van der Waals surface area (Å²) in [6, 6.07) is 1.23. The lowest BCUT2D eigenvalue weighted by molar-refractivity contribution is 0.102. The van der Waals surface area contributed by atoms with Crippen LogP contribution in [0, 0.1) is 36.0 Å². The van der Waals surface area contributed by atoms with Gasteiger partial charge in [-0.25, -0.2) is 22.0 Å². The van der Waals surface area contributed by atoms with Gasteiger partial charge in [0.05, 0.1) is 0 Å². The van der Waals surface area contributed by atoms with Crippen LogP contribution in [0.5, 0.6) is 0 Å². The predicted molar refractivity (Wildman–Crippen MR) is 58.6 cm³/mol. The molecule has 20 heavy (non-hydrogen) atoms. The van der Waals surface area contributed by atoms with Crippen molar-refractivity contribution < 1.29 is 26.7 Å². The van der Waals surface area contributed by atoms with Crippen molar-refractivity contribution in [2.75, 3.05) is 0 Å². The Kier molecular flexibility index (Phi) is 3.52. The zero-order valence-electron chi connectivity index (χ0n) is 9.98. The summed E-state index contributed by atoms with van der Waals surface area (Å²) in [4.78, 5) is 15.5. The maximum absolute atomic E-state index is 13.5. The number of hydrogen-bond donors (Lipinski definition) is 0. The molecule has 0 aliphatic rings. The Morgan fingerprint density at radius 1 is 0.900 bits per heavy atom. The topological polar surface area (TPSA) is 30.0 Å². The fraction of sp³-hybridized carbons (Fsp3) is 0.0769. The van der Waals surface area contributed by atoms with Crippen molar-refractivity contribution in [2.24, 2.45) is 0 Å². The van der Waals surface area contributed by atoms with Crippen LogP contribution in [0.4, 0.5) is 22.0 Å². The largest absolute Gasteiger partial charge is 0.288 e. The van der Waals surface area contributed by atoms with Crippen LogP contribution < -0.4 is 0 Å². The molecular weight excluding hydrogens is 281 g/mol. The highest BCUT2D eigenvalue weighted by atomic mass is 19.2. The number of rotatable bonds is 2. The molecule has 0 atom stereocenters. The number of hydrogen-bond acceptors (Lipinski definition) is 2. The Bertz CT molecular complexity index is 685. The highest BCUT2D eigenvalue weighted by molar-refractivity contribution is 6.09. The Hall–Kier alpha value is -2.31. The second-order valence-electron chi connectivity index (χ2n) is 4.03. The predicted octanol–water partition coefficient (Wildman–Crippen LogP) is 3.32. The normalized spacial score (nSPS) is 10.7. The molecule has 1 heterocycles. The number of benzene rings is 1. The molecule has 0 aliphatic heterocycles. The average molecular weight is 287 g/mol. The zero-order valence-corrected chi connectivity index (χ0v) is 9.98. The Morgan fingerprint density at radius 2 is 1.40 bits per heavy atom. The summed E-state index contributed by atoms with van der Waals surface area (Å²) in [5.41, 5.74) is -1.26. The Labute approximate surface area is 109 Å². The molecule has 7 heteroatoms. The van der Waals surface area contributed by atoms with Crippen molar-refractivity contribution in [1.82, 2.24) is 4.98 Å². The Balaban J connectivity index is 2.67. The van der Waals surface area contributed by atoms with Gasteiger partial charge in [0, 0.05) is 18.0 Å². The van der Waals surface area contributed by atoms with Gasteiger partial charge in [-0.2, -0.15) is 0 Å². The highest BCUT2D eigenvalue weighted by Crippen LogP contribution is 2.25. The van der Waals surface area contributed by atoms with Crippen molar-refractivity contribution in [3.05, 3.63) is 64.2 Å². The van der Waals surface area contributed by atoms with Crippen molar-refractivity contribution in [2.45, 2.75) is 6.92 Å². The second-order valence-corrected chi connectivity index (χ2v) is 4.03. The first-order chi connectivity index (χ1) is 9.34. The number of aryl methyl sites for hydroxylation is 1. The van der Waals surface area contributed by atoms with Crippen LogP contribution in [0.25, 0.3) is 0 Å². The van der Waals surface area contributed by atoms with Crippen LogP contribution in [0.3, 0.4) is 0 Å². The standard InChI is InChI=1S/C13H6F5NO/c1-5-2-6(4-19-3-5)13(20)7-8(14)10(16)12(18)11(17)9(7)15/h2-4H,1H3. The molecule has 0 amide bonds. The van der Waals surface area contributed by atoms with Crippen LogP contribution in [-0.4, -0.2) is 10.8 Å².